The second-order valence-corrected chi connectivity index (χ2v) is 8.53. The van der Waals surface area contributed by atoms with Gasteiger partial charge in [-0.05, 0) is 52.7 Å². The Morgan fingerprint density at radius 2 is 1.90 bits per heavy atom. The highest BCUT2D eigenvalue weighted by molar-refractivity contribution is 9.10. The summed E-state index contributed by atoms with van der Waals surface area (Å²) in [7, 11) is -3.42. The highest BCUT2D eigenvalue weighted by Crippen LogP contribution is 2.38. The van der Waals surface area contributed by atoms with Gasteiger partial charge in [0.2, 0.25) is 10.0 Å². The number of hydrogen-bond acceptors (Lipinski definition) is 3. The molecule has 0 bridgehead atoms. The second kappa shape index (κ2) is 6.54. The van der Waals surface area contributed by atoms with Gasteiger partial charge in [0.05, 0.1) is 4.90 Å². The van der Waals surface area contributed by atoms with E-state index in [9.17, 15) is 8.42 Å². The molecule has 1 heterocycles. The normalized spacial score (nSPS) is 29.7. The molecule has 2 N–H and O–H groups in total. The summed E-state index contributed by atoms with van der Waals surface area (Å²) in [6.45, 7) is 1.18. The number of sulfonamides is 1. The highest BCUT2D eigenvalue weighted by Gasteiger charge is 2.43. The zero-order valence-electron chi connectivity index (χ0n) is 11.6. The third kappa shape index (κ3) is 3.15. The average Bonchev–Trinajstić information content (AvgIpc) is 2.85. The molecule has 3 rings (SSSR count). The minimum atomic E-state index is -3.42. The lowest BCUT2D eigenvalue weighted by molar-refractivity contribution is 0.260. The minimum Gasteiger partial charge on any atom is -0.327 e. The Labute approximate surface area is 140 Å². The van der Waals surface area contributed by atoms with Crippen LogP contribution < -0.4 is 5.73 Å². The summed E-state index contributed by atoms with van der Waals surface area (Å²) < 4.78 is 27.8. The molecule has 1 aliphatic carbocycles. The maximum absolute atomic E-state index is 12.8. The van der Waals surface area contributed by atoms with E-state index in [4.69, 9.17) is 5.73 Å². The molecule has 1 aromatic carbocycles. The molecule has 0 aromatic heterocycles. The van der Waals surface area contributed by atoms with Crippen LogP contribution in [0.25, 0.3) is 0 Å². The van der Waals surface area contributed by atoms with E-state index in [0.717, 1.165) is 19.3 Å². The van der Waals surface area contributed by atoms with Crippen molar-refractivity contribution in [1.29, 1.82) is 0 Å². The molecule has 2 aliphatic rings. The monoisotopic (exact) mass is 394 g/mol. The lowest BCUT2D eigenvalue weighted by Gasteiger charge is -2.29. The first-order valence-electron chi connectivity index (χ1n) is 7.00. The van der Waals surface area contributed by atoms with Crippen LogP contribution in [0.1, 0.15) is 19.3 Å². The van der Waals surface area contributed by atoms with Gasteiger partial charge in [0.25, 0.3) is 0 Å². The fourth-order valence-electron chi connectivity index (χ4n) is 3.47. The number of halogens is 2. The van der Waals surface area contributed by atoms with Crippen LogP contribution in [-0.4, -0.2) is 31.9 Å². The Morgan fingerprint density at radius 3 is 2.57 bits per heavy atom. The molecule has 1 aliphatic heterocycles. The number of rotatable bonds is 2. The van der Waals surface area contributed by atoms with Crippen LogP contribution in [0, 0.1) is 11.8 Å². The van der Waals surface area contributed by atoms with E-state index < -0.39 is 10.0 Å². The van der Waals surface area contributed by atoms with Crippen molar-refractivity contribution in [2.75, 3.05) is 13.1 Å². The smallest absolute Gasteiger partial charge is 0.244 e. The van der Waals surface area contributed by atoms with E-state index in [0.29, 0.717) is 34.3 Å². The van der Waals surface area contributed by atoms with Gasteiger partial charge in [0.15, 0.2) is 0 Å². The van der Waals surface area contributed by atoms with Gasteiger partial charge < -0.3 is 5.73 Å². The lowest BCUT2D eigenvalue weighted by Crippen LogP contribution is -2.38. The van der Waals surface area contributed by atoms with Gasteiger partial charge in [0, 0.05) is 23.6 Å². The van der Waals surface area contributed by atoms with Crippen molar-refractivity contribution in [3.8, 4) is 0 Å². The standard InChI is InChI=1S/C14H19BrN2O2S.ClH/c15-12-5-1-2-7-14(12)20(18,19)17-8-10-4-3-6-13(16)11(10)9-17;/h1-2,5,7,10-11,13H,3-4,6,8-9,16H2;1H. The van der Waals surface area contributed by atoms with Crippen molar-refractivity contribution < 1.29 is 8.42 Å². The van der Waals surface area contributed by atoms with Gasteiger partial charge in [-0.1, -0.05) is 18.6 Å². The summed E-state index contributed by atoms with van der Waals surface area (Å²) in [5, 5.41) is 0. The Balaban J connectivity index is 0.00000161. The second-order valence-electron chi connectivity index (χ2n) is 5.77. The van der Waals surface area contributed by atoms with Crippen molar-refractivity contribution in [3.05, 3.63) is 28.7 Å². The Bertz CT molecular complexity index is 611. The van der Waals surface area contributed by atoms with Gasteiger partial charge in [-0.3, -0.25) is 0 Å². The maximum Gasteiger partial charge on any atom is 0.244 e. The van der Waals surface area contributed by atoms with E-state index in [2.05, 4.69) is 15.9 Å². The molecule has 4 nitrogen and oxygen atoms in total. The van der Waals surface area contributed by atoms with E-state index in [1.807, 2.05) is 6.07 Å². The van der Waals surface area contributed by atoms with E-state index in [1.54, 1.807) is 22.5 Å². The van der Waals surface area contributed by atoms with Crippen LogP contribution in [0.4, 0.5) is 0 Å². The van der Waals surface area contributed by atoms with Gasteiger partial charge in [-0.2, -0.15) is 4.31 Å². The van der Waals surface area contributed by atoms with Crippen LogP contribution in [0.5, 0.6) is 0 Å². The summed E-state index contributed by atoms with van der Waals surface area (Å²) in [5.74, 6) is 0.747. The molecular weight excluding hydrogens is 376 g/mol. The first kappa shape index (κ1) is 17.2. The predicted molar refractivity (Wildman–Crippen MR) is 89.0 cm³/mol. The van der Waals surface area contributed by atoms with Crippen LogP contribution in [-0.2, 0) is 10.0 Å². The van der Waals surface area contributed by atoms with Gasteiger partial charge in [-0.25, -0.2) is 8.42 Å². The van der Waals surface area contributed by atoms with E-state index in [1.165, 1.54) is 0 Å². The molecule has 118 valence electrons. The molecule has 21 heavy (non-hydrogen) atoms. The van der Waals surface area contributed by atoms with Gasteiger partial charge >= 0.3 is 0 Å². The molecule has 0 spiro atoms. The largest absolute Gasteiger partial charge is 0.327 e. The quantitative estimate of drug-likeness (QED) is 0.837. The minimum absolute atomic E-state index is 0. The Morgan fingerprint density at radius 1 is 1.19 bits per heavy atom. The third-order valence-corrected chi connectivity index (χ3v) is 7.42. The summed E-state index contributed by atoms with van der Waals surface area (Å²) in [6.07, 6.45) is 3.23. The first-order valence-corrected chi connectivity index (χ1v) is 9.23. The third-order valence-electron chi connectivity index (χ3n) is 4.57. The number of nitrogens with two attached hydrogens (primary N) is 1. The summed E-state index contributed by atoms with van der Waals surface area (Å²) in [6, 6.07) is 7.14. The van der Waals surface area contributed by atoms with Crippen LogP contribution in [0.15, 0.2) is 33.6 Å². The average molecular weight is 396 g/mol. The van der Waals surface area contributed by atoms with Crippen LogP contribution >= 0.6 is 28.3 Å². The fourth-order valence-corrected chi connectivity index (χ4v) is 5.96. The first-order chi connectivity index (χ1) is 9.50. The molecule has 3 atom stereocenters. The van der Waals surface area contributed by atoms with Gasteiger partial charge in [-0.15, -0.1) is 12.4 Å². The summed E-state index contributed by atoms with van der Waals surface area (Å²) in [5.41, 5.74) is 6.16. The molecule has 1 saturated heterocycles. The van der Waals surface area contributed by atoms with Gasteiger partial charge in [0.1, 0.15) is 0 Å². The fraction of sp³-hybridized carbons (Fsp3) is 0.571. The molecule has 7 heteroatoms. The summed E-state index contributed by atoms with van der Waals surface area (Å²) >= 11 is 3.34. The number of benzene rings is 1. The molecular formula is C14H20BrClN2O2S. The number of hydrogen-bond donors (Lipinski definition) is 1. The van der Waals surface area contributed by atoms with E-state index in [-0.39, 0.29) is 18.4 Å². The van der Waals surface area contributed by atoms with Crippen molar-refractivity contribution in [2.45, 2.75) is 30.2 Å². The van der Waals surface area contributed by atoms with Crippen molar-refractivity contribution in [1.82, 2.24) is 4.31 Å². The predicted octanol–water partition coefficient (Wildman–Crippen LogP) is 2.62. The van der Waals surface area contributed by atoms with Crippen molar-refractivity contribution in [2.24, 2.45) is 17.6 Å². The highest BCUT2D eigenvalue weighted by atomic mass is 79.9. The molecule has 0 radical (unpaired) electrons. The topological polar surface area (TPSA) is 63.4 Å². The lowest BCUT2D eigenvalue weighted by atomic mass is 9.78. The number of nitrogens with zero attached hydrogens (tertiary/aromatic N) is 1. The molecule has 2 fully saturated rings. The zero-order chi connectivity index (χ0) is 14.3. The Kier molecular flexibility index (Phi) is 5.36. The molecule has 3 unspecified atom stereocenters. The molecule has 1 saturated carbocycles. The van der Waals surface area contributed by atoms with E-state index >= 15 is 0 Å². The maximum atomic E-state index is 12.8. The van der Waals surface area contributed by atoms with Crippen LogP contribution in [0.2, 0.25) is 0 Å². The zero-order valence-corrected chi connectivity index (χ0v) is 14.8. The van der Waals surface area contributed by atoms with Crippen molar-refractivity contribution >= 4 is 38.4 Å². The Hall–Kier alpha value is -0.140. The van der Waals surface area contributed by atoms with Crippen LogP contribution in [0.3, 0.4) is 0 Å². The molecule has 1 aromatic rings. The van der Waals surface area contributed by atoms with Crippen molar-refractivity contribution in [3.63, 3.8) is 0 Å². The SMILES string of the molecule is Cl.NC1CCCC2CN(S(=O)(=O)c3ccccc3Br)CC12. The molecule has 0 amide bonds. The number of fused-ring (bicyclic) bond motifs is 1. The summed E-state index contributed by atoms with van der Waals surface area (Å²) in [4.78, 5) is 0.354.